The number of hydrogen-bond acceptors (Lipinski definition) is 4. The van der Waals surface area contributed by atoms with Gasteiger partial charge in [0.05, 0.1) is 37.0 Å². The highest BCUT2D eigenvalue weighted by atomic mass is 35.5. The molecule has 0 aliphatic carbocycles. The number of primary amides is 1. The maximum absolute atomic E-state index is 12.7. The summed E-state index contributed by atoms with van der Waals surface area (Å²) in [5.74, 6) is -0.314. The lowest BCUT2D eigenvalue weighted by Gasteiger charge is -2.37. The van der Waals surface area contributed by atoms with Gasteiger partial charge in [0.1, 0.15) is 12.3 Å². The van der Waals surface area contributed by atoms with Crippen LogP contribution in [0.2, 0.25) is 5.02 Å². The molecule has 8 heteroatoms. The third-order valence-electron chi connectivity index (χ3n) is 5.87. The van der Waals surface area contributed by atoms with Crippen LogP contribution in [0, 0.1) is 0 Å². The average molecular weight is 463 g/mol. The molecule has 2 N–H and O–H groups in total. The molecule has 0 spiro atoms. The van der Waals surface area contributed by atoms with Crippen LogP contribution >= 0.6 is 22.9 Å². The molecule has 0 saturated carbocycles. The number of thiophene rings is 1. The van der Waals surface area contributed by atoms with Crippen LogP contribution in [0.3, 0.4) is 0 Å². The zero-order valence-electron chi connectivity index (χ0n) is 18.2. The molecule has 0 saturated heterocycles. The van der Waals surface area contributed by atoms with Gasteiger partial charge in [-0.25, -0.2) is 0 Å². The summed E-state index contributed by atoms with van der Waals surface area (Å²) >= 11 is 7.43. The van der Waals surface area contributed by atoms with Crippen molar-refractivity contribution in [1.29, 1.82) is 0 Å². The van der Waals surface area contributed by atoms with Gasteiger partial charge < -0.3 is 15.1 Å². The number of fused-ring (bicyclic) bond motifs is 1. The minimum atomic E-state index is -0.467. The number of Topliss-reactive ketones (excluding diaryl/α,β-unsaturated/α-hetero) is 1. The van der Waals surface area contributed by atoms with Crippen molar-refractivity contribution in [2.75, 3.05) is 34.2 Å². The van der Waals surface area contributed by atoms with E-state index in [2.05, 4.69) is 7.05 Å². The van der Waals surface area contributed by atoms with E-state index >= 15 is 0 Å². The number of hydrogen-bond donors (Lipinski definition) is 1. The molecule has 31 heavy (non-hydrogen) atoms. The molecular formula is C23H29ClN3O3S+. The average Bonchev–Trinajstić information content (AvgIpc) is 3.04. The summed E-state index contributed by atoms with van der Waals surface area (Å²) in [6, 6.07) is 7.21. The summed E-state index contributed by atoms with van der Waals surface area (Å²) < 4.78 is 0.740. The number of benzene rings is 1. The minimum absolute atomic E-state index is 0.0391. The van der Waals surface area contributed by atoms with E-state index in [1.807, 2.05) is 12.1 Å². The Morgan fingerprint density at radius 3 is 2.45 bits per heavy atom. The summed E-state index contributed by atoms with van der Waals surface area (Å²) in [5.41, 5.74) is 8.12. The number of carbonyl (C=O) groups is 3. The van der Waals surface area contributed by atoms with E-state index in [4.69, 9.17) is 17.3 Å². The van der Waals surface area contributed by atoms with Gasteiger partial charge in [-0.2, -0.15) is 0 Å². The predicted octanol–water partition coefficient (Wildman–Crippen LogP) is 2.84. The van der Waals surface area contributed by atoms with Crippen LogP contribution in [0.5, 0.6) is 0 Å². The number of rotatable bonds is 8. The first-order valence-electron chi connectivity index (χ1n) is 10.3. The first kappa shape index (κ1) is 23.4. The highest BCUT2D eigenvalue weighted by Gasteiger charge is 2.34. The summed E-state index contributed by atoms with van der Waals surface area (Å²) in [6.07, 6.45) is 1.70. The van der Waals surface area contributed by atoms with Crippen molar-refractivity contribution in [1.82, 2.24) is 4.90 Å². The van der Waals surface area contributed by atoms with Crippen LogP contribution in [0.15, 0.2) is 24.3 Å². The molecule has 1 aromatic heterocycles. The number of halogens is 1. The molecule has 6 nitrogen and oxygen atoms in total. The molecule has 2 amide bonds. The van der Waals surface area contributed by atoms with Gasteiger partial charge >= 0.3 is 0 Å². The normalized spacial score (nSPS) is 17.8. The fraction of sp³-hybridized carbons (Fsp3) is 0.435. The van der Waals surface area contributed by atoms with Crippen molar-refractivity contribution in [3.63, 3.8) is 0 Å². The Morgan fingerprint density at radius 1 is 1.16 bits per heavy atom. The van der Waals surface area contributed by atoms with Gasteiger partial charge in [-0.3, -0.25) is 14.4 Å². The lowest BCUT2D eigenvalue weighted by atomic mass is 9.97. The van der Waals surface area contributed by atoms with E-state index < -0.39 is 5.91 Å². The summed E-state index contributed by atoms with van der Waals surface area (Å²) in [5, 5.41) is 0.631. The Kier molecular flexibility index (Phi) is 7.19. The maximum atomic E-state index is 12.7. The second kappa shape index (κ2) is 9.51. The highest BCUT2D eigenvalue weighted by molar-refractivity contribution is 7.12. The molecule has 2 aromatic rings. The van der Waals surface area contributed by atoms with Gasteiger partial charge in [-0.15, -0.1) is 11.3 Å². The van der Waals surface area contributed by atoms with Gasteiger partial charge in [0.25, 0.3) is 0 Å². The fourth-order valence-corrected chi connectivity index (χ4v) is 5.72. The Labute approximate surface area is 192 Å². The van der Waals surface area contributed by atoms with Gasteiger partial charge in [-0.05, 0) is 23.3 Å². The van der Waals surface area contributed by atoms with E-state index in [0.29, 0.717) is 23.4 Å². The third kappa shape index (κ3) is 5.73. The van der Waals surface area contributed by atoms with Crippen molar-refractivity contribution in [3.8, 4) is 0 Å². The van der Waals surface area contributed by atoms with Crippen LogP contribution in [-0.2, 0) is 35.4 Å². The predicted molar refractivity (Wildman–Crippen MR) is 123 cm³/mol. The molecule has 0 bridgehead atoms. The molecule has 0 fully saturated rings. The monoisotopic (exact) mass is 462 g/mol. The van der Waals surface area contributed by atoms with E-state index in [0.717, 1.165) is 51.4 Å². The lowest BCUT2D eigenvalue weighted by molar-refractivity contribution is -0.923. The molecule has 3 rings (SSSR count). The van der Waals surface area contributed by atoms with Crippen LogP contribution in [0.4, 0.5) is 0 Å². The van der Waals surface area contributed by atoms with Crippen LogP contribution in [-0.4, -0.2) is 61.2 Å². The van der Waals surface area contributed by atoms with E-state index in [1.165, 1.54) is 11.3 Å². The molecule has 0 radical (unpaired) electrons. The Morgan fingerprint density at radius 2 is 1.84 bits per heavy atom. The topological polar surface area (TPSA) is 80.5 Å². The van der Waals surface area contributed by atoms with Gasteiger partial charge in [0.15, 0.2) is 0 Å². The molecule has 166 valence electrons. The van der Waals surface area contributed by atoms with Crippen LogP contribution in [0.25, 0.3) is 0 Å². The highest BCUT2D eigenvalue weighted by Crippen LogP contribution is 2.36. The molecular weight excluding hydrogens is 434 g/mol. The number of ketones is 1. The lowest BCUT2D eigenvalue weighted by Crippen LogP contribution is -2.49. The molecule has 2 heterocycles. The summed E-state index contributed by atoms with van der Waals surface area (Å²) in [6.45, 7) is 2.32. The number of quaternary nitrogens is 1. The van der Waals surface area contributed by atoms with Gasteiger partial charge in [0, 0.05) is 43.3 Å². The second-order valence-electron chi connectivity index (χ2n) is 8.70. The number of nitrogens with zero attached hydrogens (tertiary/aromatic N) is 2. The number of carbonyl (C=O) groups excluding carboxylic acids is 3. The van der Waals surface area contributed by atoms with Crippen LogP contribution in [0.1, 0.15) is 37.7 Å². The first-order chi connectivity index (χ1) is 14.6. The number of likely N-dealkylation sites (N-methyl/N-ethyl adjacent to an activating group) is 1. The zero-order chi connectivity index (χ0) is 22.8. The van der Waals surface area contributed by atoms with Crippen molar-refractivity contribution in [2.45, 2.75) is 32.2 Å². The maximum Gasteiger partial charge on any atom is 0.250 e. The SMILES string of the molecule is CN(C)C(=O)CC[N+]1(C)CCc2c(sc(CC(=O)Cc3ccc(Cl)cc3)c2C(N)=O)C1. The first-order valence-corrected chi connectivity index (χ1v) is 11.5. The minimum Gasteiger partial charge on any atom is -0.366 e. The standard InChI is InChI=1S/C23H28ClN3O3S/c1-26(2)21(29)9-11-27(3)10-8-18-20(14-27)31-19(22(18)23(25)30)13-17(28)12-15-4-6-16(24)7-5-15/h4-7H,8-14H2,1-3H3,(H-,25,30)/p+1. The van der Waals surface area contributed by atoms with E-state index in [-0.39, 0.29) is 18.1 Å². The van der Waals surface area contributed by atoms with Crippen molar-refractivity contribution in [3.05, 3.63) is 55.7 Å². The Hall–Kier alpha value is -2.22. The molecule has 1 atom stereocenters. The summed E-state index contributed by atoms with van der Waals surface area (Å²) in [4.78, 5) is 40.4. The van der Waals surface area contributed by atoms with Crippen LogP contribution < -0.4 is 5.73 Å². The third-order valence-corrected chi connectivity index (χ3v) is 7.34. The molecule has 1 aliphatic heterocycles. The van der Waals surface area contributed by atoms with E-state index in [1.54, 1.807) is 31.1 Å². The van der Waals surface area contributed by atoms with E-state index in [9.17, 15) is 14.4 Å². The molecule has 1 aliphatic rings. The fourth-order valence-electron chi connectivity index (χ4n) is 4.03. The van der Waals surface area contributed by atoms with Crippen molar-refractivity contribution >= 4 is 40.5 Å². The Bertz CT molecular complexity index is 1000. The molecule has 1 aromatic carbocycles. The Balaban J connectivity index is 1.75. The van der Waals surface area contributed by atoms with Crippen molar-refractivity contribution in [2.24, 2.45) is 5.73 Å². The van der Waals surface area contributed by atoms with Crippen molar-refractivity contribution < 1.29 is 18.9 Å². The number of nitrogens with two attached hydrogens (primary N) is 1. The van der Waals surface area contributed by atoms with Gasteiger partial charge in [0.2, 0.25) is 11.8 Å². The summed E-state index contributed by atoms with van der Waals surface area (Å²) in [7, 11) is 5.67. The second-order valence-corrected chi connectivity index (χ2v) is 10.3. The number of amides is 2. The zero-order valence-corrected chi connectivity index (χ0v) is 19.8. The smallest absolute Gasteiger partial charge is 0.250 e. The largest absolute Gasteiger partial charge is 0.366 e. The van der Waals surface area contributed by atoms with Gasteiger partial charge in [-0.1, -0.05) is 23.7 Å². The quantitative estimate of drug-likeness (QED) is 0.612. The molecule has 1 unspecified atom stereocenters.